The molecule has 1 unspecified atom stereocenters. The Bertz CT molecular complexity index is 550. The number of nitrogens with zero attached hydrogens (tertiary/aromatic N) is 3. The van der Waals surface area contributed by atoms with Gasteiger partial charge < -0.3 is 10.4 Å². The van der Waals surface area contributed by atoms with E-state index in [4.69, 9.17) is 0 Å². The van der Waals surface area contributed by atoms with Crippen LogP contribution in [0, 0.1) is 6.92 Å². The average molecular weight is 260 g/mol. The third-order valence-electron chi connectivity index (χ3n) is 3.10. The molecule has 0 saturated heterocycles. The monoisotopic (exact) mass is 260 g/mol. The number of phenols is 1. The predicted molar refractivity (Wildman–Crippen MR) is 74.0 cm³/mol. The third kappa shape index (κ3) is 3.54. The van der Waals surface area contributed by atoms with Crippen LogP contribution in [0.15, 0.2) is 24.5 Å². The number of hydrogen-bond acceptors (Lipinski definition) is 4. The molecule has 0 saturated carbocycles. The summed E-state index contributed by atoms with van der Waals surface area (Å²) in [5.74, 6) is 1.17. The van der Waals surface area contributed by atoms with Gasteiger partial charge in [0.2, 0.25) is 0 Å². The largest absolute Gasteiger partial charge is 0.508 e. The third-order valence-corrected chi connectivity index (χ3v) is 3.10. The zero-order valence-electron chi connectivity index (χ0n) is 11.6. The Morgan fingerprint density at radius 2 is 2.21 bits per heavy atom. The molecular weight excluding hydrogens is 240 g/mol. The van der Waals surface area contributed by atoms with E-state index in [1.165, 1.54) is 0 Å². The fourth-order valence-corrected chi connectivity index (χ4v) is 2.03. The maximum absolute atomic E-state index is 9.91. The Morgan fingerprint density at radius 3 is 2.84 bits per heavy atom. The molecule has 1 aromatic heterocycles. The van der Waals surface area contributed by atoms with Gasteiger partial charge in [0.05, 0.1) is 0 Å². The molecule has 0 aliphatic heterocycles. The van der Waals surface area contributed by atoms with Gasteiger partial charge in [-0.15, -0.1) is 0 Å². The second-order valence-corrected chi connectivity index (χ2v) is 4.82. The van der Waals surface area contributed by atoms with Crippen LogP contribution in [0.4, 0.5) is 0 Å². The van der Waals surface area contributed by atoms with Gasteiger partial charge in [-0.1, -0.05) is 12.1 Å². The molecule has 1 atom stereocenters. The molecule has 102 valence electrons. The first kappa shape index (κ1) is 13.5. The van der Waals surface area contributed by atoms with E-state index in [2.05, 4.69) is 15.4 Å². The maximum Gasteiger partial charge on any atom is 0.151 e. The molecule has 2 aromatic rings. The van der Waals surface area contributed by atoms with Crippen LogP contribution < -0.4 is 5.32 Å². The van der Waals surface area contributed by atoms with Crippen molar-refractivity contribution < 1.29 is 5.11 Å². The lowest BCUT2D eigenvalue weighted by atomic mass is 10.1. The molecule has 0 aliphatic rings. The number of aromatic nitrogens is 3. The molecule has 0 fully saturated rings. The van der Waals surface area contributed by atoms with Crippen molar-refractivity contribution in [2.75, 3.05) is 6.54 Å². The maximum atomic E-state index is 9.91. The SMILES string of the molecule is Cc1ccc(C(C)NCCc2ncn(C)n2)c(O)c1. The molecule has 0 bridgehead atoms. The van der Waals surface area contributed by atoms with E-state index in [0.29, 0.717) is 5.75 Å². The number of benzene rings is 1. The lowest BCUT2D eigenvalue weighted by Gasteiger charge is -2.15. The highest BCUT2D eigenvalue weighted by Crippen LogP contribution is 2.24. The van der Waals surface area contributed by atoms with Crippen molar-refractivity contribution in [1.29, 1.82) is 0 Å². The van der Waals surface area contributed by atoms with E-state index in [1.807, 2.05) is 33.0 Å². The van der Waals surface area contributed by atoms with Crippen molar-refractivity contribution in [3.8, 4) is 5.75 Å². The van der Waals surface area contributed by atoms with Gasteiger partial charge in [-0.25, -0.2) is 4.98 Å². The van der Waals surface area contributed by atoms with Crippen molar-refractivity contribution in [2.45, 2.75) is 26.3 Å². The van der Waals surface area contributed by atoms with Gasteiger partial charge in [0.25, 0.3) is 0 Å². The van der Waals surface area contributed by atoms with Crippen LogP contribution in [0.2, 0.25) is 0 Å². The summed E-state index contributed by atoms with van der Waals surface area (Å²) in [5.41, 5.74) is 1.98. The molecule has 1 heterocycles. The van der Waals surface area contributed by atoms with Crippen LogP contribution in [0.3, 0.4) is 0 Å². The molecule has 0 amide bonds. The minimum absolute atomic E-state index is 0.101. The van der Waals surface area contributed by atoms with Gasteiger partial charge in [-0.3, -0.25) is 4.68 Å². The molecule has 5 heteroatoms. The van der Waals surface area contributed by atoms with Crippen LogP contribution in [-0.2, 0) is 13.5 Å². The highest BCUT2D eigenvalue weighted by Gasteiger charge is 2.10. The van der Waals surface area contributed by atoms with E-state index < -0.39 is 0 Å². The minimum atomic E-state index is 0.101. The van der Waals surface area contributed by atoms with Gasteiger partial charge in [-0.2, -0.15) is 5.10 Å². The summed E-state index contributed by atoms with van der Waals surface area (Å²) >= 11 is 0. The number of phenolic OH excluding ortho intramolecular Hbond substituents is 1. The zero-order valence-corrected chi connectivity index (χ0v) is 11.6. The fourth-order valence-electron chi connectivity index (χ4n) is 2.03. The number of aryl methyl sites for hydroxylation is 2. The Balaban J connectivity index is 1.88. The topological polar surface area (TPSA) is 63.0 Å². The highest BCUT2D eigenvalue weighted by molar-refractivity contribution is 5.37. The first-order valence-corrected chi connectivity index (χ1v) is 6.43. The molecule has 1 aromatic carbocycles. The Morgan fingerprint density at radius 1 is 1.42 bits per heavy atom. The van der Waals surface area contributed by atoms with Gasteiger partial charge in [0.1, 0.15) is 12.1 Å². The second-order valence-electron chi connectivity index (χ2n) is 4.82. The summed E-state index contributed by atoms with van der Waals surface area (Å²) in [7, 11) is 1.86. The van der Waals surface area contributed by atoms with Crippen LogP contribution in [-0.4, -0.2) is 26.4 Å². The Kier molecular flexibility index (Phi) is 4.16. The summed E-state index contributed by atoms with van der Waals surface area (Å²) in [6.45, 7) is 4.78. The van der Waals surface area contributed by atoms with Gasteiger partial charge in [0.15, 0.2) is 5.82 Å². The first-order valence-electron chi connectivity index (χ1n) is 6.43. The van der Waals surface area contributed by atoms with Crippen LogP contribution >= 0.6 is 0 Å². The van der Waals surface area contributed by atoms with Gasteiger partial charge in [0, 0.05) is 31.6 Å². The average Bonchev–Trinajstić information content (AvgIpc) is 2.75. The van der Waals surface area contributed by atoms with Crippen LogP contribution in [0.5, 0.6) is 5.75 Å². The van der Waals surface area contributed by atoms with Gasteiger partial charge in [-0.05, 0) is 25.5 Å². The molecule has 19 heavy (non-hydrogen) atoms. The van der Waals surface area contributed by atoms with E-state index in [9.17, 15) is 5.11 Å². The van der Waals surface area contributed by atoms with E-state index >= 15 is 0 Å². The number of nitrogens with one attached hydrogen (secondary N) is 1. The lowest BCUT2D eigenvalue weighted by Crippen LogP contribution is -2.21. The zero-order chi connectivity index (χ0) is 13.8. The minimum Gasteiger partial charge on any atom is -0.508 e. The van der Waals surface area contributed by atoms with Crippen molar-refractivity contribution in [3.05, 3.63) is 41.5 Å². The Hall–Kier alpha value is -1.88. The summed E-state index contributed by atoms with van der Waals surface area (Å²) in [5, 5.41) is 17.5. The number of rotatable bonds is 5. The van der Waals surface area contributed by atoms with Crippen molar-refractivity contribution in [3.63, 3.8) is 0 Å². The quantitative estimate of drug-likeness (QED) is 0.859. The van der Waals surface area contributed by atoms with E-state index in [0.717, 1.165) is 29.9 Å². The van der Waals surface area contributed by atoms with Crippen molar-refractivity contribution >= 4 is 0 Å². The molecule has 2 rings (SSSR count). The molecule has 5 nitrogen and oxygen atoms in total. The van der Waals surface area contributed by atoms with E-state index in [1.54, 1.807) is 17.1 Å². The van der Waals surface area contributed by atoms with Crippen LogP contribution in [0.25, 0.3) is 0 Å². The molecular formula is C14H20N4O. The van der Waals surface area contributed by atoms with Crippen LogP contribution in [0.1, 0.15) is 29.9 Å². The highest BCUT2D eigenvalue weighted by atomic mass is 16.3. The molecule has 2 N–H and O–H groups in total. The summed E-state index contributed by atoms with van der Waals surface area (Å²) in [4.78, 5) is 4.18. The first-order chi connectivity index (χ1) is 9.06. The summed E-state index contributed by atoms with van der Waals surface area (Å²) in [6, 6.07) is 5.85. The summed E-state index contributed by atoms with van der Waals surface area (Å²) < 4.78 is 1.70. The molecule has 0 spiro atoms. The standard InChI is InChI=1S/C14H20N4O/c1-10-4-5-12(13(19)8-10)11(2)15-7-6-14-16-9-18(3)17-14/h4-5,8-9,11,15,19H,6-7H2,1-3H3. The predicted octanol–water partition coefficient (Wildman–Crippen LogP) is 1.72. The van der Waals surface area contributed by atoms with E-state index in [-0.39, 0.29) is 6.04 Å². The summed E-state index contributed by atoms with van der Waals surface area (Å²) in [6.07, 6.45) is 2.47. The number of hydrogen-bond donors (Lipinski definition) is 2. The molecule has 0 aliphatic carbocycles. The fraction of sp³-hybridized carbons (Fsp3) is 0.429. The second kappa shape index (κ2) is 5.84. The normalized spacial score (nSPS) is 12.6. The lowest BCUT2D eigenvalue weighted by molar-refractivity contribution is 0.452. The Labute approximate surface area is 113 Å². The van der Waals surface area contributed by atoms with Crippen molar-refractivity contribution in [1.82, 2.24) is 20.1 Å². The molecule has 0 radical (unpaired) electrons. The smallest absolute Gasteiger partial charge is 0.151 e. The number of aromatic hydroxyl groups is 1. The van der Waals surface area contributed by atoms with Gasteiger partial charge >= 0.3 is 0 Å². The van der Waals surface area contributed by atoms with Crippen molar-refractivity contribution in [2.24, 2.45) is 7.05 Å².